The van der Waals surface area contributed by atoms with Crippen molar-refractivity contribution >= 4 is 28.6 Å². The molecule has 6 heteroatoms. The van der Waals surface area contributed by atoms with Crippen molar-refractivity contribution < 1.29 is 0 Å². The average Bonchev–Trinajstić information content (AvgIpc) is 2.64. The number of rotatable bonds is 2. The van der Waals surface area contributed by atoms with Gasteiger partial charge in [-0.3, -0.25) is 0 Å². The fourth-order valence-electron chi connectivity index (χ4n) is 1.70. The van der Waals surface area contributed by atoms with Crippen molar-refractivity contribution in [2.24, 2.45) is 17.8 Å². The Morgan fingerprint density at radius 3 is 2.83 bits per heavy atom. The standard InChI is InChI=1S/C12H16ClN5/c1-17(2)12(14)15-7-10-16-9-6-4-5-8(13)11(9)18(10)3/h4-6H,7H2,1-3H3,(H2,14,15). The molecule has 0 fully saturated rings. The highest BCUT2D eigenvalue weighted by molar-refractivity contribution is 6.35. The molecule has 2 aromatic rings. The van der Waals surface area contributed by atoms with E-state index in [0.717, 1.165) is 16.9 Å². The molecule has 0 amide bonds. The van der Waals surface area contributed by atoms with E-state index in [1.54, 1.807) is 4.90 Å². The van der Waals surface area contributed by atoms with Gasteiger partial charge in [-0.2, -0.15) is 0 Å². The van der Waals surface area contributed by atoms with Crippen LogP contribution in [0.2, 0.25) is 5.02 Å². The lowest BCUT2D eigenvalue weighted by Gasteiger charge is -2.10. The molecule has 0 saturated heterocycles. The molecule has 0 aliphatic carbocycles. The van der Waals surface area contributed by atoms with E-state index in [9.17, 15) is 0 Å². The molecule has 0 unspecified atom stereocenters. The molecular weight excluding hydrogens is 250 g/mol. The van der Waals surface area contributed by atoms with Crippen LogP contribution in [0.1, 0.15) is 5.82 Å². The van der Waals surface area contributed by atoms with E-state index in [-0.39, 0.29) is 0 Å². The summed E-state index contributed by atoms with van der Waals surface area (Å²) in [5, 5.41) is 0.693. The zero-order valence-electron chi connectivity index (χ0n) is 10.7. The molecular formula is C12H16ClN5. The number of benzene rings is 1. The third kappa shape index (κ3) is 2.26. The predicted molar refractivity (Wildman–Crippen MR) is 74.7 cm³/mol. The highest BCUT2D eigenvalue weighted by atomic mass is 35.5. The summed E-state index contributed by atoms with van der Waals surface area (Å²) in [5.74, 6) is 1.32. The fraction of sp³-hybridized carbons (Fsp3) is 0.333. The van der Waals surface area contributed by atoms with Crippen LogP contribution >= 0.6 is 11.6 Å². The number of fused-ring (bicyclic) bond motifs is 1. The molecule has 5 nitrogen and oxygen atoms in total. The number of aromatic nitrogens is 2. The van der Waals surface area contributed by atoms with Gasteiger partial charge in [0.05, 0.1) is 16.1 Å². The lowest BCUT2D eigenvalue weighted by molar-refractivity contribution is 0.607. The second-order valence-corrected chi connectivity index (χ2v) is 4.67. The van der Waals surface area contributed by atoms with Crippen LogP contribution < -0.4 is 5.73 Å². The van der Waals surface area contributed by atoms with Gasteiger partial charge < -0.3 is 15.2 Å². The maximum atomic E-state index is 6.16. The molecule has 0 atom stereocenters. The zero-order chi connectivity index (χ0) is 13.3. The van der Waals surface area contributed by atoms with Gasteiger partial charge in [0.2, 0.25) is 0 Å². The lowest BCUT2D eigenvalue weighted by Crippen LogP contribution is -2.30. The Bertz CT molecular complexity index is 600. The van der Waals surface area contributed by atoms with Crippen LogP contribution in [0.4, 0.5) is 0 Å². The van der Waals surface area contributed by atoms with Gasteiger partial charge in [-0.05, 0) is 12.1 Å². The average molecular weight is 266 g/mol. The first kappa shape index (κ1) is 12.7. The van der Waals surface area contributed by atoms with Crippen molar-refractivity contribution in [3.05, 3.63) is 29.0 Å². The Kier molecular flexibility index (Phi) is 3.43. The predicted octanol–water partition coefficient (Wildman–Crippen LogP) is 1.60. The smallest absolute Gasteiger partial charge is 0.191 e. The molecule has 2 rings (SSSR count). The molecule has 2 N–H and O–H groups in total. The summed E-state index contributed by atoms with van der Waals surface area (Å²) in [4.78, 5) is 10.5. The van der Waals surface area contributed by atoms with Gasteiger partial charge in [0.15, 0.2) is 5.96 Å². The van der Waals surface area contributed by atoms with Crippen molar-refractivity contribution in [2.45, 2.75) is 6.54 Å². The number of halogens is 1. The summed E-state index contributed by atoms with van der Waals surface area (Å²) in [6.07, 6.45) is 0. The number of aryl methyl sites for hydroxylation is 1. The molecule has 0 aliphatic heterocycles. The Morgan fingerprint density at radius 1 is 1.50 bits per heavy atom. The zero-order valence-corrected chi connectivity index (χ0v) is 11.4. The minimum absolute atomic E-state index is 0.436. The van der Waals surface area contributed by atoms with Gasteiger partial charge in [-0.15, -0.1) is 0 Å². The molecule has 0 aliphatic rings. The van der Waals surface area contributed by atoms with E-state index in [1.807, 2.05) is 43.9 Å². The lowest BCUT2D eigenvalue weighted by atomic mass is 10.3. The van der Waals surface area contributed by atoms with E-state index in [1.165, 1.54) is 0 Å². The van der Waals surface area contributed by atoms with Gasteiger partial charge in [0, 0.05) is 21.1 Å². The van der Waals surface area contributed by atoms with E-state index in [2.05, 4.69) is 9.98 Å². The number of nitrogens with zero attached hydrogens (tertiary/aromatic N) is 4. The molecule has 0 bridgehead atoms. The fourth-order valence-corrected chi connectivity index (χ4v) is 2.00. The van der Waals surface area contributed by atoms with Gasteiger partial charge in [0.25, 0.3) is 0 Å². The van der Waals surface area contributed by atoms with Crippen molar-refractivity contribution in [3.63, 3.8) is 0 Å². The molecule has 0 saturated carbocycles. The Hall–Kier alpha value is -1.75. The summed E-state index contributed by atoms with van der Waals surface area (Å²) < 4.78 is 1.95. The summed E-state index contributed by atoms with van der Waals surface area (Å²) in [6.45, 7) is 0.436. The number of hydrogen-bond acceptors (Lipinski definition) is 2. The number of nitrogens with two attached hydrogens (primary N) is 1. The summed E-state index contributed by atoms with van der Waals surface area (Å²) in [7, 11) is 5.63. The minimum Gasteiger partial charge on any atom is -0.370 e. The number of aliphatic imine (C=N–C) groups is 1. The van der Waals surface area contributed by atoms with Crippen LogP contribution in [0.5, 0.6) is 0 Å². The first-order valence-corrected chi connectivity index (χ1v) is 5.95. The van der Waals surface area contributed by atoms with Crippen LogP contribution in [-0.2, 0) is 13.6 Å². The van der Waals surface area contributed by atoms with Crippen molar-refractivity contribution in [1.29, 1.82) is 0 Å². The number of para-hydroxylation sites is 1. The van der Waals surface area contributed by atoms with E-state index < -0.39 is 0 Å². The van der Waals surface area contributed by atoms with Crippen LogP contribution in [0, 0.1) is 0 Å². The largest absolute Gasteiger partial charge is 0.370 e. The van der Waals surface area contributed by atoms with Crippen molar-refractivity contribution in [1.82, 2.24) is 14.5 Å². The number of imidazole rings is 1. The van der Waals surface area contributed by atoms with E-state index in [0.29, 0.717) is 17.5 Å². The molecule has 96 valence electrons. The minimum atomic E-state index is 0.436. The van der Waals surface area contributed by atoms with E-state index >= 15 is 0 Å². The quantitative estimate of drug-likeness (QED) is 0.663. The van der Waals surface area contributed by atoms with Gasteiger partial charge in [0.1, 0.15) is 12.4 Å². The monoisotopic (exact) mass is 265 g/mol. The van der Waals surface area contributed by atoms with Gasteiger partial charge in [-0.25, -0.2) is 9.98 Å². The number of guanidine groups is 1. The van der Waals surface area contributed by atoms with Crippen LogP contribution in [0.25, 0.3) is 11.0 Å². The molecule has 1 aromatic carbocycles. The molecule has 1 aromatic heterocycles. The van der Waals surface area contributed by atoms with Crippen LogP contribution in [0.3, 0.4) is 0 Å². The first-order chi connectivity index (χ1) is 8.50. The first-order valence-electron chi connectivity index (χ1n) is 5.57. The van der Waals surface area contributed by atoms with Crippen molar-refractivity contribution in [3.8, 4) is 0 Å². The van der Waals surface area contributed by atoms with E-state index in [4.69, 9.17) is 17.3 Å². The summed E-state index contributed by atoms with van der Waals surface area (Å²) in [6, 6.07) is 5.68. The Morgan fingerprint density at radius 2 is 2.22 bits per heavy atom. The van der Waals surface area contributed by atoms with Crippen LogP contribution in [-0.4, -0.2) is 34.5 Å². The SMILES string of the molecule is CN(C)C(N)=NCc1nc2cccc(Cl)c2n1C. The molecule has 18 heavy (non-hydrogen) atoms. The van der Waals surface area contributed by atoms with Gasteiger partial charge >= 0.3 is 0 Å². The summed E-state index contributed by atoms with van der Waals surface area (Å²) >= 11 is 6.16. The topological polar surface area (TPSA) is 59.4 Å². The highest BCUT2D eigenvalue weighted by Gasteiger charge is 2.09. The molecule has 1 heterocycles. The van der Waals surface area contributed by atoms with Crippen molar-refractivity contribution in [2.75, 3.05) is 14.1 Å². The Balaban J connectivity index is 2.38. The third-order valence-electron chi connectivity index (χ3n) is 2.78. The third-order valence-corrected chi connectivity index (χ3v) is 3.08. The maximum Gasteiger partial charge on any atom is 0.191 e. The normalized spacial score (nSPS) is 12.1. The summed E-state index contributed by atoms with van der Waals surface area (Å²) in [5.41, 5.74) is 7.55. The number of hydrogen-bond donors (Lipinski definition) is 1. The molecule has 0 spiro atoms. The Labute approximate surface area is 111 Å². The van der Waals surface area contributed by atoms with Crippen LogP contribution in [0.15, 0.2) is 23.2 Å². The second kappa shape index (κ2) is 4.86. The maximum absolute atomic E-state index is 6.16. The second-order valence-electron chi connectivity index (χ2n) is 4.26. The molecule has 0 radical (unpaired) electrons. The van der Waals surface area contributed by atoms with Gasteiger partial charge in [-0.1, -0.05) is 17.7 Å². The highest BCUT2D eigenvalue weighted by Crippen LogP contribution is 2.23.